The van der Waals surface area contributed by atoms with Gasteiger partial charge in [0.2, 0.25) is 0 Å². The lowest BCUT2D eigenvalue weighted by Gasteiger charge is -1.92. The second kappa shape index (κ2) is 2.20. The first-order chi connectivity index (χ1) is 5.70. The predicted molar refractivity (Wildman–Crippen MR) is 40.0 cm³/mol. The Morgan fingerprint density at radius 1 is 1.50 bits per heavy atom. The Bertz CT molecular complexity index is 389. The van der Waals surface area contributed by atoms with Crippen molar-refractivity contribution in [1.29, 1.82) is 0 Å². The molecule has 0 aromatic carbocycles. The number of hydrogen-bond acceptors (Lipinski definition) is 3. The van der Waals surface area contributed by atoms with E-state index in [0.29, 0.717) is 13.1 Å². The highest BCUT2D eigenvalue weighted by Gasteiger charge is 2.22. The summed E-state index contributed by atoms with van der Waals surface area (Å²) >= 11 is 0. The van der Waals surface area contributed by atoms with Crippen molar-refractivity contribution in [3.05, 3.63) is 26.7 Å². The predicted octanol–water partition coefficient (Wildman–Crippen LogP) is -0.0383. The summed E-state index contributed by atoms with van der Waals surface area (Å²) in [4.78, 5) is 20.9. The number of aromatic nitrogens is 2. The number of aryl methyl sites for hydroxylation is 1. The number of nitrogens with zero attached hydrogens (tertiary/aromatic N) is 3. The van der Waals surface area contributed by atoms with E-state index < -0.39 is 10.5 Å². The summed E-state index contributed by atoms with van der Waals surface area (Å²) < 4.78 is 3.00. The summed E-state index contributed by atoms with van der Waals surface area (Å²) in [5.41, 5.74) is -0.813. The van der Waals surface area contributed by atoms with Crippen molar-refractivity contribution in [2.75, 3.05) is 0 Å². The highest BCUT2D eigenvalue weighted by Crippen LogP contribution is 2.10. The third-order valence-electron chi connectivity index (χ3n) is 1.99. The van der Waals surface area contributed by atoms with E-state index >= 15 is 0 Å². The Kier molecular flexibility index (Phi) is 1.30. The third-order valence-corrected chi connectivity index (χ3v) is 1.99. The summed E-state index contributed by atoms with van der Waals surface area (Å²) in [5.74, 6) is 0. The molecule has 6 heteroatoms. The Morgan fingerprint density at radius 2 is 2.25 bits per heavy atom. The van der Waals surface area contributed by atoms with Crippen molar-refractivity contribution in [3.63, 3.8) is 0 Å². The van der Waals surface area contributed by atoms with Crippen LogP contribution in [0.1, 0.15) is 6.42 Å². The maximum absolute atomic E-state index is 11.2. The van der Waals surface area contributed by atoms with Gasteiger partial charge in [0.1, 0.15) is 6.20 Å². The molecule has 0 amide bonds. The van der Waals surface area contributed by atoms with Crippen LogP contribution in [0.3, 0.4) is 0 Å². The molecule has 2 rings (SSSR count). The summed E-state index contributed by atoms with van der Waals surface area (Å²) in [5, 5.41) is 10.3. The molecular formula is C6H7N3O3. The fourth-order valence-corrected chi connectivity index (χ4v) is 1.44. The fraction of sp³-hybridized carbons (Fsp3) is 0.500. The van der Waals surface area contributed by atoms with Crippen LogP contribution in [0.25, 0.3) is 0 Å². The third kappa shape index (κ3) is 0.775. The van der Waals surface area contributed by atoms with Gasteiger partial charge in [-0.3, -0.25) is 19.6 Å². The van der Waals surface area contributed by atoms with Crippen molar-refractivity contribution in [1.82, 2.24) is 9.36 Å². The molecule has 0 unspecified atom stereocenters. The molecule has 0 aliphatic carbocycles. The zero-order chi connectivity index (χ0) is 8.72. The van der Waals surface area contributed by atoms with Crippen molar-refractivity contribution < 1.29 is 4.92 Å². The van der Waals surface area contributed by atoms with Crippen LogP contribution in [0.5, 0.6) is 0 Å². The molecule has 6 nitrogen and oxygen atoms in total. The van der Waals surface area contributed by atoms with Gasteiger partial charge in [0, 0.05) is 13.1 Å². The Labute approximate surface area is 67.2 Å². The lowest BCUT2D eigenvalue weighted by Crippen LogP contribution is -2.17. The normalized spacial score (nSPS) is 14.7. The zero-order valence-corrected chi connectivity index (χ0v) is 6.27. The van der Waals surface area contributed by atoms with E-state index in [9.17, 15) is 14.9 Å². The van der Waals surface area contributed by atoms with Crippen molar-refractivity contribution >= 4 is 5.69 Å². The summed E-state index contributed by atoms with van der Waals surface area (Å²) in [6.07, 6.45) is 2.18. The summed E-state index contributed by atoms with van der Waals surface area (Å²) in [6, 6.07) is 0. The van der Waals surface area contributed by atoms with Gasteiger partial charge in [0.05, 0.1) is 4.92 Å². The van der Waals surface area contributed by atoms with Crippen LogP contribution in [0.2, 0.25) is 0 Å². The van der Waals surface area contributed by atoms with Crippen molar-refractivity contribution in [3.8, 4) is 0 Å². The molecule has 2 heterocycles. The molecule has 1 aliphatic rings. The number of rotatable bonds is 1. The topological polar surface area (TPSA) is 70.1 Å². The highest BCUT2D eigenvalue weighted by molar-refractivity contribution is 5.22. The molecule has 0 saturated heterocycles. The fourth-order valence-electron chi connectivity index (χ4n) is 1.44. The van der Waals surface area contributed by atoms with E-state index in [1.807, 2.05) is 0 Å². The average Bonchev–Trinajstić information content (AvgIpc) is 2.53. The van der Waals surface area contributed by atoms with Gasteiger partial charge in [-0.15, -0.1) is 0 Å². The number of hydrogen-bond donors (Lipinski definition) is 0. The Hall–Kier alpha value is -1.59. The minimum absolute atomic E-state index is 0.324. The smallest absolute Gasteiger partial charge is 0.283 e. The van der Waals surface area contributed by atoms with E-state index in [0.717, 1.165) is 6.42 Å². The first-order valence-corrected chi connectivity index (χ1v) is 3.65. The van der Waals surface area contributed by atoms with Gasteiger partial charge in [0.25, 0.3) is 0 Å². The molecule has 0 spiro atoms. The summed E-state index contributed by atoms with van der Waals surface area (Å²) in [6.45, 7) is 1.29. The second-order valence-electron chi connectivity index (χ2n) is 2.72. The van der Waals surface area contributed by atoms with Crippen LogP contribution in [-0.4, -0.2) is 14.3 Å². The largest absolute Gasteiger partial charge is 0.353 e. The first kappa shape index (κ1) is 7.08. The minimum Gasteiger partial charge on any atom is -0.283 e. The van der Waals surface area contributed by atoms with Crippen LogP contribution in [0.4, 0.5) is 5.69 Å². The monoisotopic (exact) mass is 169 g/mol. The van der Waals surface area contributed by atoms with Gasteiger partial charge in [0.15, 0.2) is 0 Å². The molecule has 0 fully saturated rings. The van der Waals surface area contributed by atoms with Gasteiger partial charge in [-0.05, 0) is 6.42 Å². The molecule has 0 atom stereocenters. The van der Waals surface area contributed by atoms with E-state index in [2.05, 4.69) is 0 Å². The van der Waals surface area contributed by atoms with Crippen LogP contribution in [-0.2, 0) is 13.1 Å². The molecule has 0 bridgehead atoms. The number of fused-ring (bicyclic) bond motifs is 1. The maximum Gasteiger partial charge on any atom is 0.353 e. The first-order valence-electron chi connectivity index (χ1n) is 3.65. The van der Waals surface area contributed by atoms with Crippen molar-refractivity contribution in [2.45, 2.75) is 19.5 Å². The molecule has 1 aromatic heterocycles. The Morgan fingerprint density at radius 3 is 2.83 bits per heavy atom. The molecule has 12 heavy (non-hydrogen) atoms. The standard InChI is InChI=1S/C6H7N3O3/c10-6-5(9(11)12)4-7-2-1-3-8(6)7/h4H,1-3H2. The molecular weight excluding hydrogens is 162 g/mol. The average molecular weight is 169 g/mol. The minimum atomic E-state index is -0.638. The lowest BCUT2D eigenvalue weighted by molar-refractivity contribution is -0.386. The van der Waals surface area contributed by atoms with E-state index in [-0.39, 0.29) is 5.69 Å². The van der Waals surface area contributed by atoms with Crippen LogP contribution >= 0.6 is 0 Å². The van der Waals surface area contributed by atoms with Gasteiger partial charge in [-0.25, -0.2) is 4.68 Å². The quantitative estimate of drug-likeness (QED) is 0.437. The van der Waals surface area contributed by atoms with Gasteiger partial charge >= 0.3 is 11.2 Å². The molecule has 64 valence electrons. The zero-order valence-electron chi connectivity index (χ0n) is 6.27. The van der Waals surface area contributed by atoms with E-state index in [1.165, 1.54) is 10.9 Å². The molecule has 0 radical (unpaired) electrons. The maximum atomic E-state index is 11.2. The van der Waals surface area contributed by atoms with Gasteiger partial charge in [-0.2, -0.15) is 0 Å². The molecule has 1 aromatic rings. The number of nitro groups is 1. The van der Waals surface area contributed by atoms with E-state index in [1.54, 1.807) is 4.68 Å². The van der Waals surface area contributed by atoms with Crippen molar-refractivity contribution in [2.24, 2.45) is 0 Å². The molecule has 1 aliphatic heterocycles. The van der Waals surface area contributed by atoms with Crippen LogP contribution in [0, 0.1) is 10.1 Å². The highest BCUT2D eigenvalue weighted by atomic mass is 16.6. The lowest BCUT2D eigenvalue weighted by atomic mass is 10.4. The van der Waals surface area contributed by atoms with Gasteiger partial charge < -0.3 is 0 Å². The second-order valence-corrected chi connectivity index (χ2v) is 2.72. The molecule has 0 saturated carbocycles. The van der Waals surface area contributed by atoms with E-state index in [4.69, 9.17) is 0 Å². The van der Waals surface area contributed by atoms with Crippen LogP contribution < -0.4 is 5.56 Å². The summed E-state index contributed by atoms with van der Waals surface area (Å²) in [7, 11) is 0. The van der Waals surface area contributed by atoms with Gasteiger partial charge in [-0.1, -0.05) is 0 Å². The Balaban J connectivity index is 2.62. The molecule has 0 N–H and O–H groups in total. The van der Waals surface area contributed by atoms with Crippen LogP contribution in [0.15, 0.2) is 11.0 Å². The SMILES string of the molecule is O=c1c([N+](=O)[O-])cn2n1CCC2.